The molecule has 1 unspecified atom stereocenters. The van der Waals surface area contributed by atoms with Gasteiger partial charge in [-0.3, -0.25) is 4.79 Å². The molecule has 0 aromatic heterocycles. The monoisotopic (exact) mass is 260 g/mol. The first-order chi connectivity index (χ1) is 9.16. The SMILES string of the molecule is CN(CC1CCC1)C(=O)CCC(N)c1ccccc1. The molecule has 0 aliphatic heterocycles. The maximum absolute atomic E-state index is 12.0. The number of hydrogen-bond acceptors (Lipinski definition) is 2. The van der Waals surface area contributed by atoms with E-state index in [1.807, 2.05) is 42.3 Å². The normalized spacial score (nSPS) is 16.7. The van der Waals surface area contributed by atoms with Crippen molar-refractivity contribution in [2.75, 3.05) is 13.6 Å². The van der Waals surface area contributed by atoms with E-state index in [9.17, 15) is 4.79 Å². The van der Waals surface area contributed by atoms with Gasteiger partial charge in [-0.1, -0.05) is 36.8 Å². The maximum Gasteiger partial charge on any atom is 0.222 e. The van der Waals surface area contributed by atoms with Crippen LogP contribution in [-0.4, -0.2) is 24.4 Å². The Morgan fingerprint density at radius 1 is 1.37 bits per heavy atom. The van der Waals surface area contributed by atoms with Crippen LogP contribution in [0, 0.1) is 5.92 Å². The van der Waals surface area contributed by atoms with Crippen molar-refractivity contribution < 1.29 is 4.79 Å². The summed E-state index contributed by atoms with van der Waals surface area (Å²) in [6.07, 6.45) is 5.14. The van der Waals surface area contributed by atoms with E-state index < -0.39 is 0 Å². The Hall–Kier alpha value is -1.35. The Morgan fingerprint density at radius 3 is 2.63 bits per heavy atom. The molecule has 0 saturated heterocycles. The second-order valence-corrected chi connectivity index (χ2v) is 5.63. The zero-order chi connectivity index (χ0) is 13.7. The molecule has 1 aromatic rings. The van der Waals surface area contributed by atoms with Crippen LogP contribution in [0.25, 0.3) is 0 Å². The zero-order valence-electron chi connectivity index (χ0n) is 11.7. The number of carbonyl (C=O) groups is 1. The van der Waals surface area contributed by atoms with Gasteiger partial charge >= 0.3 is 0 Å². The van der Waals surface area contributed by atoms with Gasteiger partial charge < -0.3 is 10.6 Å². The topological polar surface area (TPSA) is 46.3 Å². The number of amides is 1. The highest BCUT2D eigenvalue weighted by Gasteiger charge is 2.21. The standard InChI is InChI=1S/C16H24N2O/c1-18(12-13-6-5-7-13)16(19)11-10-15(17)14-8-3-2-4-9-14/h2-4,8-9,13,15H,5-7,10-12,17H2,1H3. The largest absolute Gasteiger partial charge is 0.345 e. The van der Waals surface area contributed by atoms with Crippen LogP contribution >= 0.6 is 0 Å². The van der Waals surface area contributed by atoms with Crippen LogP contribution in [-0.2, 0) is 4.79 Å². The van der Waals surface area contributed by atoms with E-state index in [0.29, 0.717) is 6.42 Å². The van der Waals surface area contributed by atoms with Crippen LogP contribution in [0.4, 0.5) is 0 Å². The number of carbonyl (C=O) groups excluding carboxylic acids is 1. The van der Waals surface area contributed by atoms with Gasteiger partial charge in [0.1, 0.15) is 0 Å². The highest BCUT2D eigenvalue weighted by atomic mass is 16.2. The summed E-state index contributed by atoms with van der Waals surface area (Å²) in [5.41, 5.74) is 7.22. The van der Waals surface area contributed by atoms with Gasteiger partial charge in [0, 0.05) is 26.1 Å². The quantitative estimate of drug-likeness (QED) is 0.855. The molecule has 0 bridgehead atoms. The minimum Gasteiger partial charge on any atom is -0.345 e. The summed E-state index contributed by atoms with van der Waals surface area (Å²) in [6.45, 7) is 0.916. The Balaban J connectivity index is 1.73. The van der Waals surface area contributed by atoms with Crippen LogP contribution < -0.4 is 5.73 Å². The second kappa shape index (κ2) is 6.71. The molecule has 0 spiro atoms. The fourth-order valence-electron chi connectivity index (χ4n) is 2.50. The molecule has 3 heteroatoms. The average molecular weight is 260 g/mol. The van der Waals surface area contributed by atoms with Crippen molar-refractivity contribution in [3.05, 3.63) is 35.9 Å². The lowest BCUT2D eigenvalue weighted by molar-refractivity contribution is -0.131. The highest BCUT2D eigenvalue weighted by molar-refractivity contribution is 5.75. The summed E-state index contributed by atoms with van der Waals surface area (Å²) in [5.74, 6) is 0.954. The van der Waals surface area contributed by atoms with Gasteiger partial charge in [0.2, 0.25) is 5.91 Å². The van der Waals surface area contributed by atoms with Crippen LogP contribution in [0.3, 0.4) is 0 Å². The lowest BCUT2D eigenvalue weighted by Gasteiger charge is -2.30. The molecule has 1 aromatic carbocycles. The molecular formula is C16H24N2O. The van der Waals surface area contributed by atoms with Crippen molar-refractivity contribution in [2.24, 2.45) is 11.7 Å². The fraction of sp³-hybridized carbons (Fsp3) is 0.562. The Bertz CT molecular complexity index is 400. The van der Waals surface area contributed by atoms with E-state index in [0.717, 1.165) is 24.4 Å². The predicted octanol–water partition coefficient (Wildman–Crippen LogP) is 2.73. The van der Waals surface area contributed by atoms with Crippen molar-refractivity contribution in [1.29, 1.82) is 0 Å². The van der Waals surface area contributed by atoms with Crippen molar-refractivity contribution in [3.63, 3.8) is 0 Å². The van der Waals surface area contributed by atoms with Gasteiger partial charge in [0.15, 0.2) is 0 Å². The fourth-order valence-corrected chi connectivity index (χ4v) is 2.50. The molecule has 0 heterocycles. The van der Waals surface area contributed by atoms with Gasteiger partial charge in [0.05, 0.1) is 0 Å². The van der Waals surface area contributed by atoms with E-state index in [2.05, 4.69) is 0 Å². The van der Waals surface area contributed by atoms with Gasteiger partial charge in [-0.05, 0) is 30.7 Å². The number of benzene rings is 1. The molecule has 1 aliphatic carbocycles. The summed E-state index contributed by atoms with van der Waals surface area (Å²) in [5, 5.41) is 0. The molecule has 1 amide bonds. The first-order valence-corrected chi connectivity index (χ1v) is 7.21. The van der Waals surface area contributed by atoms with Gasteiger partial charge in [-0.2, -0.15) is 0 Å². The van der Waals surface area contributed by atoms with Crippen LogP contribution in [0.1, 0.15) is 43.7 Å². The van der Waals surface area contributed by atoms with Gasteiger partial charge in [-0.25, -0.2) is 0 Å². The molecule has 1 fully saturated rings. The molecule has 19 heavy (non-hydrogen) atoms. The molecule has 0 radical (unpaired) electrons. The van der Waals surface area contributed by atoms with Crippen molar-refractivity contribution in [3.8, 4) is 0 Å². The molecule has 1 atom stereocenters. The number of rotatable bonds is 6. The van der Waals surface area contributed by atoms with Crippen LogP contribution in [0.15, 0.2) is 30.3 Å². The number of hydrogen-bond donors (Lipinski definition) is 1. The molecule has 2 N–H and O–H groups in total. The lowest BCUT2D eigenvalue weighted by atomic mass is 9.85. The second-order valence-electron chi connectivity index (χ2n) is 5.63. The van der Waals surface area contributed by atoms with Crippen molar-refractivity contribution in [1.82, 2.24) is 4.90 Å². The molecule has 1 saturated carbocycles. The molecule has 3 nitrogen and oxygen atoms in total. The lowest BCUT2D eigenvalue weighted by Crippen LogP contribution is -2.34. The van der Waals surface area contributed by atoms with Crippen molar-refractivity contribution in [2.45, 2.75) is 38.1 Å². The number of nitrogens with two attached hydrogens (primary N) is 1. The van der Waals surface area contributed by atoms with Gasteiger partial charge in [-0.15, -0.1) is 0 Å². The molecule has 1 aliphatic rings. The zero-order valence-corrected chi connectivity index (χ0v) is 11.7. The van der Waals surface area contributed by atoms with Crippen LogP contribution in [0.2, 0.25) is 0 Å². The van der Waals surface area contributed by atoms with E-state index in [1.54, 1.807) is 0 Å². The third-order valence-electron chi connectivity index (χ3n) is 4.08. The van der Waals surface area contributed by atoms with Gasteiger partial charge in [0.25, 0.3) is 0 Å². The Morgan fingerprint density at radius 2 is 2.05 bits per heavy atom. The van der Waals surface area contributed by atoms with E-state index in [4.69, 9.17) is 5.73 Å². The maximum atomic E-state index is 12.0. The summed E-state index contributed by atoms with van der Waals surface area (Å²) in [7, 11) is 1.91. The Kier molecular flexibility index (Phi) is 4.97. The smallest absolute Gasteiger partial charge is 0.222 e. The number of nitrogens with zero attached hydrogens (tertiary/aromatic N) is 1. The first kappa shape index (κ1) is 14.1. The third kappa shape index (κ3) is 4.06. The van der Waals surface area contributed by atoms with Crippen LogP contribution in [0.5, 0.6) is 0 Å². The summed E-state index contributed by atoms with van der Waals surface area (Å²) >= 11 is 0. The minimum atomic E-state index is -0.0396. The molecule has 104 valence electrons. The highest BCUT2D eigenvalue weighted by Crippen LogP contribution is 2.27. The molecular weight excluding hydrogens is 236 g/mol. The first-order valence-electron chi connectivity index (χ1n) is 7.21. The van der Waals surface area contributed by atoms with E-state index >= 15 is 0 Å². The third-order valence-corrected chi connectivity index (χ3v) is 4.08. The predicted molar refractivity (Wildman–Crippen MR) is 77.6 cm³/mol. The van der Waals surface area contributed by atoms with E-state index in [-0.39, 0.29) is 11.9 Å². The van der Waals surface area contributed by atoms with E-state index in [1.165, 1.54) is 19.3 Å². The summed E-state index contributed by atoms with van der Waals surface area (Å²) in [6, 6.07) is 9.95. The Labute approximate surface area is 115 Å². The average Bonchev–Trinajstić information content (AvgIpc) is 2.40. The summed E-state index contributed by atoms with van der Waals surface area (Å²) < 4.78 is 0. The van der Waals surface area contributed by atoms with Crippen molar-refractivity contribution >= 4 is 5.91 Å². The molecule has 2 rings (SSSR count). The summed E-state index contributed by atoms with van der Waals surface area (Å²) in [4.78, 5) is 13.9. The minimum absolute atomic E-state index is 0.0396.